The first-order chi connectivity index (χ1) is 14.1. The minimum atomic E-state index is -1.07. The molecule has 0 bridgehead atoms. The third-order valence-corrected chi connectivity index (χ3v) is 5.16. The second-order valence-corrected chi connectivity index (χ2v) is 6.97. The molecule has 0 spiro atoms. The fourth-order valence-corrected chi connectivity index (χ4v) is 3.24. The van der Waals surface area contributed by atoms with E-state index in [4.69, 9.17) is 18.9 Å². The van der Waals surface area contributed by atoms with Crippen LogP contribution in [0.5, 0.6) is 23.0 Å². The van der Waals surface area contributed by atoms with Crippen LogP contribution in [-0.4, -0.2) is 32.8 Å². The molecule has 0 atom stereocenters. The summed E-state index contributed by atoms with van der Waals surface area (Å²) in [5.74, 6) is 1.77. The number of carbonyl (C=O) groups excluding carboxylic acids is 2. The van der Waals surface area contributed by atoms with Crippen LogP contribution in [0.3, 0.4) is 0 Å². The maximum absolute atomic E-state index is 12.9. The molecule has 8 nitrogen and oxygen atoms in total. The van der Waals surface area contributed by atoms with Crippen LogP contribution in [0.2, 0.25) is 0 Å². The van der Waals surface area contributed by atoms with Crippen molar-refractivity contribution in [3.63, 3.8) is 0 Å². The average Bonchev–Trinajstić information content (AvgIpc) is 3.43. The van der Waals surface area contributed by atoms with Crippen molar-refractivity contribution in [1.82, 2.24) is 5.32 Å². The Hall–Kier alpha value is -3.42. The quantitative estimate of drug-likeness (QED) is 0.696. The van der Waals surface area contributed by atoms with Gasteiger partial charge in [-0.2, -0.15) is 0 Å². The number of anilines is 1. The topological polar surface area (TPSA) is 95.1 Å². The number of nitrogens with one attached hydrogen (secondary N) is 2. The molecule has 2 amide bonds. The van der Waals surface area contributed by atoms with Crippen molar-refractivity contribution in [1.29, 1.82) is 0 Å². The van der Waals surface area contributed by atoms with Crippen LogP contribution in [0.25, 0.3) is 0 Å². The first-order valence-corrected chi connectivity index (χ1v) is 9.26. The van der Waals surface area contributed by atoms with Gasteiger partial charge in [0.15, 0.2) is 11.5 Å². The second kappa shape index (κ2) is 7.54. The Morgan fingerprint density at radius 3 is 2.52 bits per heavy atom. The number of rotatable bonds is 7. The lowest BCUT2D eigenvalue weighted by molar-refractivity contribution is -0.134. The van der Waals surface area contributed by atoms with Crippen LogP contribution in [0.4, 0.5) is 5.69 Å². The summed E-state index contributed by atoms with van der Waals surface area (Å²) < 4.78 is 21.1. The molecule has 0 aromatic heterocycles. The lowest BCUT2D eigenvalue weighted by atomic mass is 10.0. The van der Waals surface area contributed by atoms with E-state index in [1.54, 1.807) is 31.4 Å². The Bertz CT molecular complexity index is 954. The highest BCUT2D eigenvalue weighted by Crippen LogP contribution is 2.47. The van der Waals surface area contributed by atoms with E-state index in [0.29, 0.717) is 48.1 Å². The highest BCUT2D eigenvalue weighted by molar-refractivity contribution is 6.13. The fourth-order valence-electron chi connectivity index (χ4n) is 3.24. The van der Waals surface area contributed by atoms with Gasteiger partial charge in [0.05, 0.1) is 19.9 Å². The van der Waals surface area contributed by atoms with E-state index in [0.717, 1.165) is 5.56 Å². The number of fused-ring (bicyclic) bond motifs is 1. The van der Waals surface area contributed by atoms with Crippen molar-refractivity contribution in [3.05, 3.63) is 42.0 Å². The molecule has 1 fully saturated rings. The van der Waals surface area contributed by atoms with Crippen molar-refractivity contribution >= 4 is 17.5 Å². The summed E-state index contributed by atoms with van der Waals surface area (Å²) in [4.78, 5) is 25.6. The largest absolute Gasteiger partial charge is 0.497 e. The van der Waals surface area contributed by atoms with Gasteiger partial charge >= 0.3 is 0 Å². The Kier molecular flexibility index (Phi) is 4.92. The molecule has 2 N–H and O–H groups in total. The van der Waals surface area contributed by atoms with Gasteiger partial charge in [0.2, 0.25) is 18.6 Å². The van der Waals surface area contributed by atoms with Gasteiger partial charge in [-0.15, -0.1) is 0 Å². The maximum atomic E-state index is 12.9. The van der Waals surface area contributed by atoms with Gasteiger partial charge in [0, 0.05) is 12.6 Å². The summed E-state index contributed by atoms with van der Waals surface area (Å²) in [6.45, 7) is 0.495. The van der Waals surface area contributed by atoms with Gasteiger partial charge < -0.3 is 29.6 Å². The number of carbonyl (C=O) groups is 2. The molecule has 0 unspecified atom stereocenters. The van der Waals surface area contributed by atoms with E-state index in [1.807, 2.05) is 12.1 Å². The van der Waals surface area contributed by atoms with E-state index in [9.17, 15) is 9.59 Å². The monoisotopic (exact) mass is 398 g/mol. The maximum Gasteiger partial charge on any atom is 0.240 e. The standard InChI is InChI=1S/C21H22N2O6/c1-26-14-4-6-16(27-2)15(10-14)23-20(25)21(7-8-21)19(24)22-11-13-3-5-17-18(9-13)29-12-28-17/h3-6,9-10H,7-8,11-12H2,1-2H3,(H,22,24)(H,23,25). The molecule has 1 saturated carbocycles. The fraction of sp³-hybridized carbons (Fsp3) is 0.333. The predicted octanol–water partition coefficient (Wildman–Crippen LogP) is 2.47. The molecule has 2 aliphatic rings. The molecule has 1 aliphatic carbocycles. The molecular weight excluding hydrogens is 376 g/mol. The second-order valence-electron chi connectivity index (χ2n) is 6.97. The smallest absolute Gasteiger partial charge is 0.240 e. The molecule has 1 heterocycles. The van der Waals surface area contributed by atoms with Gasteiger partial charge in [-0.05, 0) is 42.7 Å². The van der Waals surface area contributed by atoms with Crippen LogP contribution in [0.1, 0.15) is 18.4 Å². The lowest BCUT2D eigenvalue weighted by Crippen LogP contribution is -2.39. The summed E-state index contributed by atoms with van der Waals surface area (Å²) in [6.07, 6.45) is 0.996. The Morgan fingerprint density at radius 1 is 1.00 bits per heavy atom. The Morgan fingerprint density at radius 2 is 1.79 bits per heavy atom. The van der Waals surface area contributed by atoms with Crippen molar-refractivity contribution in [2.24, 2.45) is 5.41 Å². The van der Waals surface area contributed by atoms with E-state index in [-0.39, 0.29) is 18.6 Å². The number of hydrogen-bond donors (Lipinski definition) is 2. The van der Waals surface area contributed by atoms with E-state index >= 15 is 0 Å². The normalized spacial score (nSPS) is 15.4. The first kappa shape index (κ1) is 18.9. The number of hydrogen-bond acceptors (Lipinski definition) is 6. The zero-order valence-electron chi connectivity index (χ0n) is 16.2. The van der Waals surface area contributed by atoms with Crippen LogP contribution in [0, 0.1) is 5.41 Å². The van der Waals surface area contributed by atoms with Gasteiger partial charge in [0.25, 0.3) is 0 Å². The summed E-state index contributed by atoms with van der Waals surface area (Å²) in [5.41, 5.74) is 0.268. The first-order valence-electron chi connectivity index (χ1n) is 9.26. The highest BCUT2D eigenvalue weighted by atomic mass is 16.7. The number of benzene rings is 2. The van der Waals surface area contributed by atoms with Crippen LogP contribution < -0.4 is 29.6 Å². The Balaban J connectivity index is 1.42. The van der Waals surface area contributed by atoms with E-state index in [1.165, 1.54) is 7.11 Å². The summed E-state index contributed by atoms with van der Waals surface area (Å²) in [6, 6.07) is 10.6. The number of ether oxygens (including phenoxy) is 4. The molecule has 152 valence electrons. The molecule has 2 aromatic rings. The molecular formula is C21H22N2O6. The van der Waals surface area contributed by atoms with Gasteiger partial charge in [-0.1, -0.05) is 6.07 Å². The minimum Gasteiger partial charge on any atom is -0.497 e. The van der Waals surface area contributed by atoms with Crippen LogP contribution in [0.15, 0.2) is 36.4 Å². The molecule has 8 heteroatoms. The lowest BCUT2D eigenvalue weighted by Gasteiger charge is -2.17. The summed E-state index contributed by atoms with van der Waals surface area (Å²) >= 11 is 0. The average molecular weight is 398 g/mol. The van der Waals surface area contributed by atoms with Crippen molar-refractivity contribution in [3.8, 4) is 23.0 Å². The van der Waals surface area contributed by atoms with Gasteiger partial charge in [-0.3, -0.25) is 9.59 Å². The SMILES string of the molecule is COc1ccc(OC)c(NC(=O)C2(C(=O)NCc3ccc4c(c3)OCO4)CC2)c1. The third-order valence-electron chi connectivity index (χ3n) is 5.16. The third kappa shape index (κ3) is 3.65. The summed E-state index contributed by atoms with van der Waals surface area (Å²) in [5, 5.41) is 5.67. The van der Waals surface area contributed by atoms with Crippen LogP contribution >= 0.6 is 0 Å². The van der Waals surface area contributed by atoms with E-state index < -0.39 is 5.41 Å². The van der Waals surface area contributed by atoms with Gasteiger partial charge in [-0.25, -0.2) is 0 Å². The van der Waals surface area contributed by atoms with E-state index in [2.05, 4.69) is 10.6 Å². The summed E-state index contributed by atoms with van der Waals surface area (Å²) in [7, 11) is 3.06. The van der Waals surface area contributed by atoms with Crippen molar-refractivity contribution in [2.45, 2.75) is 19.4 Å². The molecule has 29 heavy (non-hydrogen) atoms. The zero-order chi connectivity index (χ0) is 20.4. The molecule has 0 radical (unpaired) electrons. The highest BCUT2D eigenvalue weighted by Gasteiger charge is 2.56. The Labute approximate surface area is 168 Å². The predicted molar refractivity (Wildman–Crippen MR) is 104 cm³/mol. The van der Waals surface area contributed by atoms with Gasteiger partial charge in [0.1, 0.15) is 16.9 Å². The molecule has 2 aromatic carbocycles. The number of methoxy groups -OCH3 is 2. The van der Waals surface area contributed by atoms with Crippen LogP contribution in [-0.2, 0) is 16.1 Å². The molecule has 0 saturated heterocycles. The van der Waals surface area contributed by atoms with Crippen molar-refractivity contribution < 1.29 is 28.5 Å². The minimum absolute atomic E-state index is 0.197. The molecule has 1 aliphatic heterocycles. The molecule has 4 rings (SSSR count). The van der Waals surface area contributed by atoms with Crippen molar-refractivity contribution in [2.75, 3.05) is 26.3 Å². The number of amides is 2. The zero-order valence-corrected chi connectivity index (χ0v) is 16.2.